The van der Waals surface area contributed by atoms with E-state index in [4.69, 9.17) is 0 Å². The minimum absolute atomic E-state index is 0.0600. The van der Waals surface area contributed by atoms with Crippen molar-refractivity contribution in [3.8, 4) is 0 Å². The van der Waals surface area contributed by atoms with Crippen LogP contribution in [0.1, 0.15) is 16.2 Å². The van der Waals surface area contributed by atoms with E-state index >= 15 is 0 Å². The zero-order chi connectivity index (χ0) is 11.5. The van der Waals surface area contributed by atoms with Crippen LogP contribution in [0.5, 0.6) is 0 Å². The zero-order valence-electron chi connectivity index (χ0n) is 9.27. The van der Waals surface area contributed by atoms with Gasteiger partial charge in [0.1, 0.15) is 0 Å². The van der Waals surface area contributed by atoms with Crippen molar-refractivity contribution >= 4 is 11.5 Å². The molecule has 2 rings (SSSR count). The van der Waals surface area contributed by atoms with Crippen molar-refractivity contribution in [2.75, 3.05) is 12.4 Å². The molecule has 0 fully saturated rings. The fraction of sp³-hybridized carbons (Fsp3) is 0.167. The highest BCUT2D eigenvalue weighted by Crippen LogP contribution is 2.12. The number of aromatic nitrogens is 2. The van der Waals surface area contributed by atoms with Gasteiger partial charge in [-0.3, -0.25) is 4.79 Å². The number of hydrogen-bond acceptors (Lipinski definition) is 3. The van der Waals surface area contributed by atoms with Crippen LogP contribution in [0.2, 0.25) is 0 Å². The molecule has 1 aromatic carbocycles. The fourth-order valence-electron chi connectivity index (χ4n) is 1.50. The van der Waals surface area contributed by atoms with Gasteiger partial charge in [-0.1, -0.05) is 0 Å². The maximum Gasteiger partial charge on any atom is 0.228 e. The number of carbonyl (C=O) groups excluding carboxylic acids is 1. The van der Waals surface area contributed by atoms with Gasteiger partial charge in [-0.2, -0.15) is 0 Å². The van der Waals surface area contributed by atoms with Gasteiger partial charge in [-0.05, 0) is 24.3 Å². The van der Waals surface area contributed by atoms with Crippen LogP contribution in [0.4, 0.5) is 5.69 Å². The smallest absolute Gasteiger partial charge is 0.228 e. The van der Waals surface area contributed by atoms with Crippen LogP contribution in [0, 0.1) is 0 Å². The molecular weight excluding hydrogens is 202 g/mol. The molecule has 0 unspecified atom stereocenters. The molecule has 1 heterocycles. The first-order valence-electron chi connectivity index (χ1n) is 5.02. The van der Waals surface area contributed by atoms with Crippen molar-refractivity contribution in [2.24, 2.45) is 7.05 Å². The van der Waals surface area contributed by atoms with E-state index in [1.807, 2.05) is 26.2 Å². The highest BCUT2D eigenvalue weighted by atomic mass is 16.1. The average molecular weight is 215 g/mol. The van der Waals surface area contributed by atoms with E-state index in [1.165, 1.54) is 0 Å². The Morgan fingerprint density at radius 3 is 2.50 bits per heavy atom. The Morgan fingerprint density at radius 1 is 1.31 bits per heavy atom. The van der Waals surface area contributed by atoms with Crippen LogP contribution >= 0.6 is 0 Å². The number of anilines is 1. The monoisotopic (exact) mass is 215 g/mol. The second kappa shape index (κ2) is 4.18. The second-order valence-corrected chi connectivity index (χ2v) is 3.52. The quantitative estimate of drug-likeness (QED) is 0.792. The highest BCUT2D eigenvalue weighted by Gasteiger charge is 2.12. The molecule has 82 valence electrons. The molecule has 0 aliphatic carbocycles. The fourth-order valence-corrected chi connectivity index (χ4v) is 1.50. The summed E-state index contributed by atoms with van der Waals surface area (Å²) in [6, 6.07) is 7.33. The second-order valence-electron chi connectivity index (χ2n) is 3.52. The van der Waals surface area contributed by atoms with Gasteiger partial charge in [0.2, 0.25) is 5.78 Å². The molecule has 4 heteroatoms. The number of carbonyl (C=O) groups is 1. The number of ketones is 1. The number of nitrogens with one attached hydrogen (secondary N) is 1. The standard InChI is InChI=1S/C12H13N3O/c1-13-10-5-3-9(4-6-10)11(16)12-14-7-8-15(12)2/h3-8,13H,1-2H3. The topological polar surface area (TPSA) is 46.9 Å². The summed E-state index contributed by atoms with van der Waals surface area (Å²) in [4.78, 5) is 16.1. The van der Waals surface area contributed by atoms with Crippen LogP contribution in [0.25, 0.3) is 0 Å². The SMILES string of the molecule is CNc1ccc(C(=O)c2nccn2C)cc1. The van der Waals surface area contributed by atoms with Gasteiger partial charge < -0.3 is 9.88 Å². The Kier molecular flexibility index (Phi) is 2.72. The van der Waals surface area contributed by atoms with E-state index < -0.39 is 0 Å². The maximum absolute atomic E-state index is 12.0. The average Bonchev–Trinajstić information content (AvgIpc) is 2.75. The zero-order valence-corrected chi connectivity index (χ0v) is 9.27. The third-order valence-corrected chi connectivity index (χ3v) is 2.46. The van der Waals surface area contributed by atoms with Crippen LogP contribution in [-0.4, -0.2) is 22.4 Å². The van der Waals surface area contributed by atoms with Gasteiger partial charge in [0.05, 0.1) is 0 Å². The molecule has 0 atom stereocenters. The van der Waals surface area contributed by atoms with Crippen molar-refractivity contribution < 1.29 is 4.79 Å². The summed E-state index contributed by atoms with van der Waals surface area (Å²) in [5.74, 6) is 0.396. The summed E-state index contributed by atoms with van der Waals surface area (Å²) in [6.07, 6.45) is 3.38. The normalized spacial score (nSPS) is 10.1. The molecule has 0 saturated heterocycles. The lowest BCUT2D eigenvalue weighted by Crippen LogP contribution is -2.08. The third kappa shape index (κ3) is 1.82. The molecule has 0 bridgehead atoms. The van der Waals surface area contributed by atoms with Crippen molar-refractivity contribution in [1.29, 1.82) is 0 Å². The largest absolute Gasteiger partial charge is 0.388 e. The molecule has 0 saturated carbocycles. The van der Waals surface area contributed by atoms with E-state index in [1.54, 1.807) is 29.1 Å². The van der Waals surface area contributed by atoms with Crippen LogP contribution in [0.15, 0.2) is 36.7 Å². The van der Waals surface area contributed by atoms with Gasteiger partial charge in [0.15, 0.2) is 5.82 Å². The Morgan fingerprint density at radius 2 is 2.00 bits per heavy atom. The summed E-state index contributed by atoms with van der Waals surface area (Å²) >= 11 is 0. The molecule has 4 nitrogen and oxygen atoms in total. The Labute approximate surface area is 93.9 Å². The van der Waals surface area contributed by atoms with Crippen molar-refractivity contribution in [3.05, 3.63) is 48.0 Å². The van der Waals surface area contributed by atoms with Crippen LogP contribution in [-0.2, 0) is 7.05 Å². The summed E-state index contributed by atoms with van der Waals surface area (Å²) in [7, 11) is 3.65. The molecule has 2 aromatic rings. The molecule has 16 heavy (non-hydrogen) atoms. The van der Waals surface area contributed by atoms with Crippen molar-refractivity contribution in [2.45, 2.75) is 0 Å². The van der Waals surface area contributed by atoms with Crippen LogP contribution < -0.4 is 5.32 Å². The number of rotatable bonds is 3. The summed E-state index contributed by atoms with van der Waals surface area (Å²) < 4.78 is 1.72. The minimum atomic E-state index is -0.0600. The lowest BCUT2D eigenvalue weighted by Gasteiger charge is -2.03. The van der Waals surface area contributed by atoms with E-state index in [9.17, 15) is 4.79 Å². The maximum atomic E-state index is 12.0. The van der Waals surface area contributed by atoms with E-state index in [0.717, 1.165) is 5.69 Å². The Hall–Kier alpha value is -2.10. The number of nitrogens with zero attached hydrogens (tertiary/aromatic N) is 2. The lowest BCUT2D eigenvalue weighted by molar-refractivity contribution is 0.102. The van der Waals surface area contributed by atoms with Crippen LogP contribution in [0.3, 0.4) is 0 Å². The molecule has 0 aliphatic heterocycles. The van der Waals surface area contributed by atoms with E-state index in [-0.39, 0.29) is 5.78 Å². The Bertz CT molecular complexity index is 499. The third-order valence-electron chi connectivity index (χ3n) is 2.46. The number of aryl methyl sites for hydroxylation is 1. The predicted molar refractivity (Wildman–Crippen MR) is 62.6 cm³/mol. The first-order valence-corrected chi connectivity index (χ1v) is 5.02. The number of imidazole rings is 1. The molecule has 1 N–H and O–H groups in total. The van der Waals surface area contributed by atoms with Crippen molar-refractivity contribution in [3.63, 3.8) is 0 Å². The van der Waals surface area contributed by atoms with Gasteiger partial charge in [-0.25, -0.2) is 4.98 Å². The number of benzene rings is 1. The summed E-state index contributed by atoms with van der Waals surface area (Å²) in [5.41, 5.74) is 1.63. The lowest BCUT2D eigenvalue weighted by atomic mass is 10.1. The van der Waals surface area contributed by atoms with Gasteiger partial charge in [-0.15, -0.1) is 0 Å². The molecule has 0 amide bonds. The van der Waals surface area contributed by atoms with Crippen molar-refractivity contribution in [1.82, 2.24) is 9.55 Å². The van der Waals surface area contributed by atoms with Gasteiger partial charge in [0.25, 0.3) is 0 Å². The molecule has 1 aromatic heterocycles. The van der Waals surface area contributed by atoms with E-state index in [0.29, 0.717) is 11.4 Å². The van der Waals surface area contributed by atoms with E-state index in [2.05, 4.69) is 10.3 Å². The summed E-state index contributed by atoms with van der Waals surface area (Å²) in [6.45, 7) is 0. The molecule has 0 spiro atoms. The first kappa shape index (κ1) is 10.4. The summed E-state index contributed by atoms with van der Waals surface area (Å²) in [5, 5.41) is 3.01. The Balaban J connectivity index is 2.31. The minimum Gasteiger partial charge on any atom is -0.388 e. The molecule has 0 radical (unpaired) electrons. The van der Waals surface area contributed by atoms with Gasteiger partial charge >= 0.3 is 0 Å². The highest BCUT2D eigenvalue weighted by molar-refractivity contribution is 6.06. The first-order chi connectivity index (χ1) is 7.72. The predicted octanol–water partition coefficient (Wildman–Crippen LogP) is 1.69. The molecule has 0 aliphatic rings. The molecular formula is C12H13N3O. The van der Waals surface area contributed by atoms with Gasteiger partial charge in [0, 0.05) is 37.7 Å². The number of hydrogen-bond donors (Lipinski definition) is 1.